The van der Waals surface area contributed by atoms with Gasteiger partial charge in [0.05, 0.1) is 35.3 Å². The Morgan fingerprint density at radius 3 is 2.78 bits per heavy atom. The molecule has 3 heterocycles. The number of aliphatic hydroxyl groups excluding tert-OH is 1. The number of β-lactam (4-membered cyclic amide) rings is 1. The van der Waals surface area contributed by atoms with Gasteiger partial charge in [-0.2, -0.15) is 0 Å². The van der Waals surface area contributed by atoms with E-state index in [0.717, 1.165) is 0 Å². The van der Waals surface area contributed by atoms with Gasteiger partial charge in [-0.3, -0.25) is 9.59 Å². The quantitative estimate of drug-likeness (QED) is 0.699. The number of amides is 2. The van der Waals surface area contributed by atoms with E-state index in [2.05, 4.69) is 5.32 Å². The van der Waals surface area contributed by atoms with E-state index in [1.165, 1.54) is 30.2 Å². The second kappa shape index (κ2) is 5.47. The van der Waals surface area contributed by atoms with Gasteiger partial charge in [-0.25, -0.2) is 0 Å². The summed E-state index contributed by atoms with van der Waals surface area (Å²) in [5, 5.41) is 25.3. The Morgan fingerprint density at radius 1 is 1.52 bits per heavy atom. The van der Waals surface area contributed by atoms with Crippen LogP contribution in [0.2, 0.25) is 0 Å². The first-order chi connectivity index (χ1) is 10.9. The van der Waals surface area contributed by atoms with Crippen LogP contribution in [-0.4, -0.2) is 47.0 Å². The molecule has 2 N–H and O–H groups in total. The van der Waals surface area contributed by atoms with Crippen LogP contribution in [0.5, 0.6) is 0 Å². The molecular weight excluding hydrogens is 320 g/mol. The molecule has 0 spiro atoms. The molecule has 8 heteroatoms. The smallest absolute Gasteiger partial charge is 0.251 e. The third-order valence-corrected chi connectivity index (χ3v) is 5.30. The fourth-order valence-electron chi connectivity index (χ4n) is 3.24. The number of thiophene rings is 1. The van der Waals surface area contributed by atoms with Crippen LogP contribution in [0.4, 0.5) is 0 Å². The Bertz CT molecular complexity index is 736. The molecule has 0 radical (unpaired) electrons. The molecule has 0 bridgehead atoms. The number of hydrogen-bond acceptors (Lipinski definition) is 6. The number of rotatable bonds is 4. The lowest BCUT2D eigenvalue weighted by Gasteiger charge is -2.45. The van der Waals surface area contributed by atoms with E-state index in [-0.39, 0.29) is 17.6 Å². The first kappa shape index (κ1) is 15.7. The summed E-state index contributed by atoms with van der Waals surface area (Å²) in [7, 11) is 1.51. The minimum atomic E-state index is -1.42. The van der Waals surface area contributed by atoms with Crippen molar-refractivity contribution in [2.75, 3.05) is 7.05 Å². The summed E-state index contributed by atoms with van der Waals surface area (Å²) < 4.78 is 0. The Kier molecular flexibility index (Phi) is 3.73. The zero-order valence-electron chi connectivity index (χ0n) is 12.5. The highest BCUT2D eigenvalue weighted by molar-refractivity contribution is 7.11. The maximum absolute atomic E-state index is 12.1. The van der Waals surface area contributed by atoms with Crippen LogP contribution in [-0.2, 0) is 9.59 Å². The monoisotopic (exact) mass is 335 g/mol. The molecule has 0 unspecified atom stereocenters. The molecule has 2 amide bonds. The highest BCUT2D eigenvalue weighted by Gasteiger charge is 2.55. The standard InChI is InChI=1S/C15H16N2O5S/c1-6(18)11-9-4-8(12(15(21)22)17(9)14(11)20)10-3-7(5-23-10)13(19)16-2/h3,5-6,9,11,18H,4H2,1-2H3,(H,16,19)(H,21,22)/p-1/t6-,9-,11-/m1/s1. The number of hydrogen-bond donors (Lipinski definition) is 2. The summed E-state index contributed by atoms with van der Waals surface area (Å²) in [6.07, 6.45) is -0.505. The molecule has 1 aromatic heterocycles. The third kappa shape index (κ3) is 2.25. The first-order valence-electron chi connectivity index (χ1n) is 7.13. The molecule has 0 aromatic carbocycles. The minimum Gasteiger partial charge on any atom is -0.543 e. The number of carbonyl (C=O) groups is 3. The van der Waals surface area contributed by atoms with Crippen molar-refractivity contribution in [3.63, 3.8) is 0 Å². The van der Waals surface area contributed by atoms with Crippen LogP contribution in [0.15, 0.2) is 17.1 Å². The van der Waals surface area contributed by atoms with E-state index in [0.29, 0.717) is 22.4 Å². The number of nitrogens with one attached hydrogen (secondary N) is 1. The molecule has 1 fully saturated rings. The Labute approximate surface area is 136 Å². The maximum atomic E-state index is 12.1. The van der Waals surface area contributed by atoms with E-state index in [1.54, 1.807) is 11.4 Å². The van der Waals surface area contributed by atoms with E-state index in [1.807, 2.05) is 0 Å². The van der Waals surface area contributed by atoms with Gasteiger partial charge in [-0.15, -0.1) is 11.3 Å². The molecule has 3 rings (SSSR count). The highest BCUT2D eigenvalue weighted by atomic mass is 32.1. The number of nitrogens with zero attached hydrogens (tertiary/aromatic N) is 1. The number of aliphatic carboxylic acids is 1. The van der Waals surface area contributed by atoms with Gasteiger partial charge in [0.15, 0.2) is 0 Å². The fourth-order valence-corrected chi connectivity index (χ4v) is 4.18. The lowest BCUT2D eigenvalue weighted by Crippen LogP contribution is -2.62. The summed E-state index contributed by atoms with van der Waals surface area (Å²) in [5.74, 6) is -2.68. The van der Waals surface area contributed by atoms with Gasteiger partial charge in [0, 0.05) is 17.3 Å². The Morgan fingerprint density at radius 2 is 2.22 bits per heavy atom. The van der Waals surface area contributed by atoms with Gasteiger partial charge < -0.3 is 25.2 Å². The first-order valence-corrected chi connectivity index (χ1v) is 8.01. The molecule has 3 atom stereocenters. The zero-order valence-corrected chi connectivity index (χ0v) is 13.3. The van der Waals surface area contributed by atoms with Crippen LogP contribution in [0.25, 0.3) is 5.57 Å². The average Bonchev–Trinajstić information content (AvgIpc) is 3.08. The van der Waals surface area contributed by atoms with Crippen LogP contribution < -0.4 is 10.4 Å². The van der Waals surface area contributed by atoms with Crippen LogP contribution in [0.3, 0.4) is 0 Å². The Hall–Kier alpha value is -2.19. The van der Waals surface area contributed by atoms with Gasteiger partial charge in [-0.05, 0) is 25.0 Å². The third-order valence-electron chi connectivity index (χ3n) is 4.31. The lowest BCUT2D eigenvalue weighted by molar-refractivity contribution is -0.301. The lowest BCUT2D eigenvalue weighted by atomic mass is 9.83. The topological polar surface area (TPSA) is 110 Å². The maximum Gasteiger partial charge on any atom is 0.251 e. The summed E-state index contributed by atoms with van der Waals surface area (Å²) >= 11 is 1.24. The predicted molar refractivity (Wildman–Crippen MR) is 80.1 cm³/mol. The van der Waals surface area contributed by atoms with Gasteiger partial charge in [-0.1, -0.05) is 0 Å². The van der Waals surface area contributed by atoms with Crippen molar-refractivity contribution in [1.82, 2.24) is 10.2 Å². The molecule has 0 aliphatic carbocycles. The fraction of sp³-hybridized carbons (Fsp3) is 0.400. The highest BCUT2D eigenvalue weighted by Crippen LogP contribution is 2.47. The summed E-state index contributed by atoms with van der Waals surface area (Å²) in [6.45, 7) is 1.52. The molecule has 2 aliphatic rings. The van der Waals surface area contributed by atoms with Crippen molar-refractivity contribution in [3.8, 4) is 0 Å². The van der Waals surface area contributed by atoms with Gasteiger partial charge in [0.2, 0.25) is 5.91 Å². The van der Waals surface area contributed by atoms with Crippen molar-refractivity contribution >= 4 is 34.7 Å². The normalized spacial score (nSPS) is 24.3. The van der Waals surface area contributed by atoms with E-state index in [4.69, 9.17) is 0 Å². The molecule has 1 aromatic rings. The van der Waals surface area contributed by atoms with Crippen molar-refractivity contribution in [2.45, 2.75) is 25.5 Å². The molecule has 0 saturated carbocycles. The van der Waals surface area contributed by atoms with Gasteiger partial charge in [0.1, 0.15) is 0 Å². The van der Waals surface area contributed by atoms with Crippen LogP contribution in [0.1, 0.15) is 28.6 Å². The summed E-state index contributed by atoms with van der Waals surface area (Å²) in [4.78, 5) is 37.1. The number of fused-ring (bicyclic) bond motifs is 1. The molecule has 1 saturated heterocycles. The predicted octanol–water partition coefficient (Wildman–Crippen LogP) is -0.820. The van der Waals surface area contributed by atoms with Crippen LogP contribution >= 0.6 is 11.3 Å². The number of carboxylic acids is 1. The minimum absolute atomic E-state index is 0.151. The van der Waals surface area contributed by atoms with Gasteiger partial charge in [0.25, 0.3) is 5.91 Å². The number of carbonyl (C=O) groups excluding carboxylic acids is 3. The summed E-state index contributed by atoms with van der Waals surface area (Å²) in [5.41, 5.74) is 0.763. The van der Waals surface area contributed by atoms with Gasteiger partial charge >= 0.3 is 0 Å². The SMILES string of the molecule is CNC(=O)c1csc(C2=C(C(=O)[O-])N3C(=O)[C@H]([C@@H](C)O)[C@H]3C2)c1. The second-order valence-electron chi connectivity index (χ2n) is 5.64. The van der Waals surface area contributed by atoms with Crippen LogP contribution in [0, 0.1) is 5.92 Å². The van der Waals surface area contributed by atoms with Crippen molar-refractivity contribution in [2.24, 2.45) is 5.92 Å². The molecule has 122 valence electrons. The zero-order chi connectivity index (χ0) is 16.9. The second-order valence-corrected chi connectivity index (χ2v) is 6.55. The van der Waals surface area contributed by atoms with E-state index < -0.39 is 23.9 Å². The van der Waals surface area contributed by atoms with Crippen molar-refractivity contribution in [3.05, 3.63) is 27.6 Å². The number of aliphatic hydroxyl groups is 1. The molecular formula is C15H15N2O5S-. The van der Waals surface area contributed by atoms with Crippen molar-refractivity contribution < 1.29 is 24.6 Å². The molecule has 23 heavy (non-hydrogen) atoms. The average molecular weight is 335 g/mol. The Balaban J connectivity index is 1.98. The molecule has 2 aliphatic heterocycles. The van der Waals surface area contributed by atoms with E-state index >= 15 is 0 Å². The van der Waals surface area contributed by atoms with Crippen molar-refractivity contribution in [1.29, 1.82) is 0 Å². The molecule has 7 nitrogen and oxygen atoms in total. The summed E-state index contributed by atoms with van der Waals surface area (Å²) in [6, 6.07) is 1.24. The number of carboxylic acid groups (broad SMARTS) is 1. The van der Waals surface area contributed by atoms with E-state index in [9.17, 15) is 24.6 Å². The largest absolute Gasteiger partial charge is 0.543 e.